The number of nitrogens with one attached hydrogen (secondary N) is 1. The van der Waals surface area contributed by atoms with Crippen LogP contribution in [0.25, 0.3) is 5.82 Å². The molecule has 2 heterocycles. The Hall–Kier alpha value is -2.43. The third-order valence-corrected chi connectivity index (χ3v) is 2.49. The number of rotatable bonds is 4. The Morgan fingerprint density at radius 3 is 2.95 bits per heavy atom. The summed E-state index contributed by atoms with van der Waals surface area (Å²) in [5.74, 6) is 0.679. The first kappa shape index (κ1) is 13.0. The number of pyridine rings is 1. The van der Waals surface area contributed by atoms with Crippen LogP contribution in [0.5, 0.6) is 0 Å². The molecule has 1 N–H and O–H groups in total. The van der Waals surface area contributed by atoms with Crippen LogP contribution in [-0.4, -0.2) is 20.4 Å². The first-order valence-electron chi connectivity index (χ1n) is 6.02. The van der Waals surface area contributed by atoms with Gasteiger partial charge in [0, 0.05) is 36.8 Å². The Labute approximate surface area is 112 Å². The number of allylic oxidation sites excluding steroid dienone is 1. The van der Waals surface area contributed by atoms with Gasteiger partial charge in [-0.05, 0) is 19.9 Å². The molecular weight excluding hydrogens is 240 g/mol. The van der Waals surface area contributed by atoms with Gasteiger partial charge in [0.15, 0.2) is 0 Å². The van der Waals surface area contributed by atoms with Gasteiger partial charge in [-0.15, -0.1) is 0 Å². The lowest BCUT2D eigenvalue weighted by atomic mass is 10.2. The fourth-order valence-corrected chi connectivity index (χ4v) is 1.68. The fourth-order valence-electron chi connectivity index (χ4n) is 1.68. The van der Waals surface area contributed by atoms with Crippen LogP contribution in [0.1, 0.15) is 19.4 Å². The van der Waals surface area contributed by atoms with Crippen molar-refractivity contribution in [1.29, 1.82) is 0 Å². The number of aromatic nitrogens is 3. The summed E-state index contributed by atoms with van der Waals surface area (Å²) in [5, 5.41) is 2.84. The van der Waals surface area contributed by atoms with Crippen molar-refractivity contribution in [3.63, 3.8) is 0 Å². The molecule has 0 aromatic carbocycles. The van der Waals surface area contributed by atoms with Gasteiger partial charge in [-0.3, -0.25) is 9.36 Å². The van der Waals surface area contributed by atoms with Crippen molar-refractivity contribution in [2.75, 3.05) is 0 Å². The molecule has 0 radical (unpaired) electrons. The molecule has 0 unspecified atom stereocenters. The first-order valence-corrected chi connectivity index (χ1v) is 6.02. The van der Waals surface area contributed by atoms with E-state index >= 15 is 0 Å². The van der Waals surface area contributed by atoms with Gasteiger partial charge in [-0.2, -0.15) is 0 Å². The number of imidazole rings is 1. The number of hydrogen-bond acceptors (Lipinski definition) is 3. The summed E-state index contributed by atoms with van der Waals surface area (Å²) in [6.45, 7) is 4.21. The topological polar surface area (TPSA) is 59.8 Å². The Kier molecular flexibility index (Phi) is 4.07. The van der Waals surface area contributed by atoms with Gasteiger partial charge in [0.05, 0.1) is 0 Å². The van der Waals surface area contributed by atoms with Crippen molar-refractivity contribution in [2.24, 2.45) is 0 Å². The van der Waals surface area contributed by atoms with E-state index in [-0.39, 0.29) is 5.91 Å². The molecule has 0 aliphatic rings. The molecule has 2 rings (SSSR count). The van der Waals surface area contributed by atoms with Crippen LogP contribution >= 0.6 is 0 Å². The maximum Gasteiger partial charge on any atom is 0.244 e. The molecule has 0 bridgehead atoms. The van der Waals surface area contributed by atoms with E-state index in [9.17, 15) is 4.79 Å². The zero-order valence-corrected chi connectivity index (χ0v) is 11.0. The Balaban J connectivity index is 2.13. The van der Waals surface area contributed by atoms with Crippen LogP contribution in [0.3, 0.4) is 0 Å². The van der Waals surface area contributed by atoms with Crippen molar-refractivity contribution in [3.8, 4) is 5.82 Å². The lowest BCUT2D eigenvalue weighted by Gasteiger charge is -2.09. The molecule has 0 aliphatic heterocycles. The summed E-state index contributed by atoms with van der Waals surface area (Å²) in [7, 11) is 0. The van der Waals surface area contributed by atoms with Gasteiger partial charge in [0.25, 0.3) is 0 Å². The highest BCUT2D eigenvalue weighted by Gasteiger charge is 2.06. The van der Waals surface area contributed by atoms with Gasteiger partial charge in [-0.1, -0.05) is 11.6 Å². The molecule has 0 saturated carbocycles. The van der Waals surface area contributed by atoms with Gasteiger partial charge < -0.3 is 5.32 Å². The Bertz CT molecular complexity index is 583. The van der Waals surface area contributed by atoms with Crippen LogP contribution in [0.4, 0.5) is 0 Å². The van der Waals surface area contributed by atoms with E-state index in [0.717, 1.165) is 17.0 Å². The lowest BCUT2D eigenvalue weighted by Crippen LogP contribution is -2.21. The van der Waals surface area contributed by atoms with Crippen molar-refractivity contribution >= 4 is 5.91 Å². The van der Waals surface area contributed by atoms with E-state index in [2.05, 4.69) is 15.3 Å². The molecule has 5 heteroatoms. The molecule has 0 atom stereocenters. The fraction of sp³-hybridized carbons (Fsp3) is 0.214. The number of amides is 1. The minimum atomic E-state index is -0.0968. The lowest BCUT2D eigenvalue weighted by molar-refractivity contribution is -0.116. The molecule has 2 aromatic rings. The molecule has 98 valence electrons. The molecule has 5 nitrogen and oxygen atoms in total. The second-order valence-electron chi connectivity index (χ2n) is 4.40. The summed E-state index contributed by atoms with van der Waals surface area (Å²) in [6, 6.07) is 3.79. The standard InChI is InChI=1S/C14H16N4O/c1-11(2)8-13(19)17-9-12-4-3-5-16-14(12)18-7-6-15-10-18/h3-8,10H,9H2,1-2H3,(H,17,19). The van der Waals surface area contributed by atoms with Gasteiger partial charge in [-0.25, -0.2) is 9.97 Å². The minimum Gasteiger partial charge on any atom is -0.348 e. The zero-order chi connectivity index (χ0) is 13.7. The summed E-state index contributed by atoms with van der Waals surface area (Å²) >= 11 is 0. The van der Waals surface area contributed by atoms with E-state index in [1.807, 2.05) is 36.7 Å². The van der Waals surface area contributed by atoms with E-state index in [0.29, 0.717) is 6.54 Å². The number of hydrogen-bond donors (Lipinski definition) is 1. The third-order valence-electron chi connectivity index (χ3n) is 2.49. The summed E-state index contributed by atoms with van der Waals surface area (Å²) in [6.07, 6.45) is 8.50. The number of nitrogens with zero attached hydrogens (tertiary/aromatic N) is 3. The number of carbonyl (C=O) groups excluding carboxylic acids is 1. The van der Waals surface area contributed by atoms with Crippen molar-refractivity contribution in [3.05, 3.63) is 54.3 Å². The second-order valence-corrected chi connectivity index (χ2v) is 4.40. The highest BCUT2D eigenvalue weighted by Crippen LogP contribution is 2.10. The van der Waals surface area contributed by atoms with E-state index in [1.165, 1.54) is 0 Å². The molecule has 2 aromatic heterocycles. The summed E-state index contributed by atoms with van der Waals surface area (Å²) in [5.41, 5.74) is 1.91. The van der Waals surface area contributed by atoms with Gasteiger partial charge >= 0.3 is 0 Å². The van der Waals surface area contributed by atoms with Crippen molar-refractivity contribution < 1.29 is 4.79 Å². The predicted octanol–water partition coefficient (Wildman–Crippen LogP) is 1.85. The van der Waals surface area contributed by atoms with Crippen molar-refractivity contribution in [2.45, 2.75) is 20.4 Å². The Morgan fingerprint density at radius 1 is 1.42 bits per heavy atom. The van der Waals surface area contributed by atoms with Gasteiger partial charge in [0.2, 0.25) is 5.91 Å². The molecule has 0 fully saturated rings. The quantitative estimate of drug-likeness (QED) is 0.849. The SMILES string of the molecule is CC(C)=CC(=O)NCc1cccnc1-n1ccnc1. The molecule has 0 spiro atoms. The molecule has 0 saturated heterocycles. The molecule has 0 aliphatic carbocycles. The van der Waals surface area contributed by atoms with Crippen LogP contribution in [0.15, 0.2) is 48.7 Å². The first-order chi connectivity index (χ1) is 9.16. The monoisotopic (exact) mass is 256 g/mol. The van der Waals surface area contributed by atoms with E-state index in [1.54, 1.807) is 24.8 Å². The maximum atomic E-state index is 11.6. The highest BCUT2D eigenvalue weighted by molar-refractivity contribution is 5.88. The average molecular weight is 256 g/mol. The van der Waals surface area contributed by atoms with E-state index in [4.69, 9.17) is 0 Å². The van der Waals surface area contributed by atoms with Crippen LogP contribution in [-0.2, 0) is 11.3 Å². The van der Waals surface area contributed by atoms with Gasteiger partial charge in [0.1, 0.15) is 12.1 Å². The highest BCUT2D eigenvalue weighted by atomic mass is 16.1. The third kappa shape index (κ3) is 3.51. The largest absolute Gasteiger partial charge is 0.348 e. The zero-order valence-electron chi connectivity index (χ0n) is 11.0. The maximum absolute atomic E-state index is 11.6. The second kappa shape index (κ2) is 5.95. The molecular formula is C14H16N4O. The summed E-state index contributed by atoms with van der Waals surface area (Å²) in [4.78, 5) is 19.9. The van der Waals surface area contributed by atoms with Crippen LogP contribution in [0, 0.1) is 0 Å². The molecule has 1 amide bonds. The van der Waals surface area contributed by atoms with E-state index < -0.39 is 0 Å². The molecule has 19 heavy (non-hydrogen) atoms. The Morgan fingerprint density at radius 2 is 2.26 bits per heavy atom. The predicted molar refractivity (Wildman–Crippen MR) is 72.6 cm³/mol. The van der Waals surface area contributed by atoms with Crippen molar-refractivity contribution in [1.82, 2.24) is 19.9 Å². The smallest absolute Gasteiger partial charge is 0.244 e. The average Bonchev–Trinajstić information content (AvgIpc) is 2.89. The summed E-state index contributed by atoms with van der Waals surface area (Å²) < 4.78 is 1.82. The van der Waals surface area contributed by atoms with Crippen LogP contribution < -0.4 is 5.32 Å². The number of carbonyl (C=O) groups is 1. The van der Waals surface area contributed by atoms with Crippen LogP contribution in [0.2, 0.25) is 0 Å². The minimum absolute atomic E-state index is 0.0968. The normalized spacial score (nSPS) is 10.0.